The molecule has 2 aliphatic rings. The molecule has 0 bridgehead atoms. The second-order valence-electron chi connectivity index (χ2n) is 9.02. The lowest BCUT2D eigenvalue weighted by Gasteiger charge is -2.42. The van der Waals surface area contributed by atoms with E-state index in [2.05, 4.69) is 64.7 Å². The zero-order valence-corrected chi connectivity index (χ0v) is 17.4. The number of anilines is 2. The quantitative estimate of drug-likeness (QED) is 0.514. The van der Waals surface area contributed by atoms with Gasteiger partial charge in [-0.3, -0.25) is 4.99 Å². The maximum absolute atomic E-state index is 6.18. The van der Waals surface area contributed by atoms with Crippen LogP contribution in [-0.4, -0.2) is 26.1 Å². The molecular formula is C25H24N6. The van der Waals surface area contributed by atoms with Crippen LogP contribution in [0.1, 0.15) is 42.4 Å². The van der Waals surface area contributed by atoms with Crippen molar-refractivity contribution in [3.63, 3.8) is 0 Å². The minimum absolute atomic E-state index is 0.0120. The van der Waals surface area contributed by atoms with Crippen molar-refractivity contribution in [3.8, 4) is 11.3 Å². The minimum Gasteiger partial charge on any atom is -0.337 e. The van der Waals surface area contributed by atoms with E-state index in [4.69, 9.17) is 10.7 Å². The fourth-order valence-corrected chi connectivity index (χ4v) is 4.70. The Kier molecular flexibility index (Phi) is 3.98. The van der Waals surface area contributed by atoms with Gasteiger partial charge >= 0.3 is 0 Å². The molecular weight excluding hydrogens is 384 g/mol. The first-order valence-corrected chi connectivity index (χ1v) is 10.7. The summed E-state index contributed by atoms with van der Waals surface area (Å²) in [4.78, 5) is 13.8. The Morgan fingerprint density at radius 1 is 1.13 bits per heavy atom. The molecule has 2 aromatic carbocycles. The molecule has 3 N–H and O–H groups in total. The van der Waals surface area contributed by atoms with Crippen LogP contribution in [0.15, 0.2) is 66.0 Å². The van der Waals surface area contributed by atoms with Gasteiger partial charge in [0.05, 0.1) is 12.2 Å². The molecule has 6 heteroatoms. The average Bonchev–Trinajstić information content (AvgIpc) is 3.41. The van der Waals surface area contributed by atoms with Crippen LogP contribution in [0.3, 0.4) is 0 Å². The van der Waals surface area contributed by atoms with Gasteiger partial charge < -0.3 is 15.5 Å². The maximum atomic E-state index is 6.18. The molecule has 1 fully saturated rings. The summed E-state index contributed by atoms with van der Waals surface area (Å²) < 4.78 is 2.01. The second-order valence-corrected chi connectivity index (χ2v) is 9.02. The van der Waals surface area contributed by atoms with Crippen molar-refractivity contribution < 1.29 is 0 Å². The maximum Gasteiger partial charge on any atom is 0.180 e. The number of hydrogen-bond acceptors (Lipinski definition) is 5. The number of benzene rings is 2. The Hall–Kier alpha value is -3.51. The summed E-state index contributed by atoms with van der Waals surface area (Å²) in [7, 11) is 0. The summed E-state index contributed by atoms with van der Waals surface area (Å²) in [5, 5.41) is 3.47. The van der Waals surface area contributed by atoms with Crippen molar-refractivity contribution in [1.82, 2.24) is 14.4 Å². The highest BCUT2D eigenvalue weighted by molar-refractivity contribution is 5.86. The van der Waals surface area contributed by atoms with Gasteiger partial charge in [0, 0.05) is 41.6 Å². The fraction of sp³-hybridized carbons (Fsp3) is 0.240. The first-order valence-electron chi connectivity index (χ1n) is 10.7. The van der Waals surface area contributed by atoms with Gasteiger partial charge in [-0.1, -0.05) is 24.3 Å². The van der Waals surface area contributed by atoms with Gasteiger partial charge in [0.25, 0.3) is 0 Å². The highest BCUT2D eigenvalue weighted by Gasteiger charge is 2.37. The standard InChI is InChI=1S/C25H24N6/c1-25(26)11-20(12-25)16-4-6-21(7-5-16)29-23-24-28-8-9-31(24)15-22(30-23)17-2-3-18-13-27-14-19(18)10-17/h2-10,13,15,20H,11-12,14,26H2,1H3,(H,29,30). The van der Waals surface area contributed by atoms with Gasteiger partial charge in [-0.15, -0.1) is 0 Å². The van der Waals surface area contributed by atoms with Crippen LogP contribution >= 0.6 is 0 Å². The molecule has 0 amide bonds. The highest BCUT2D eigenvalue weighted by Crippen LogP contribution is 2.43. The molecule has 0 atom stereocenters. The first kappa shape index (κ1) is 18.3. The van der Waals surface area contributed by atoms with Crippen LogP contribution in [0.5, 0.6) is 0 Å². The lowest BCUT2D eigenvalue weighted by molar-refractivity contribution is 0.230. The molecule has 4 aromatic rings. The lowest BCUT2D eigenvalue weighted by atomic mass is 9.67. The number of hydrogen-bond donors (Lipinski definition) is 2. The Bertz CT molecular complexity index is 1310. The summed E-state index contributed by atoms with van der Waals surface area (Å²) in [5.41, 5.74) is 13.7. The van der Waals surface area contributed by atoms with E-state index in [1.807, 2.05) is 23.0 Å². The predicted octanol–water partition coefficient (Wildman–Crippen LogP) is 4.67. The fourth-order valence-electron chi connectivity index (χ4n) is 4.70. The molecule has 0 radical (unpaired) electrons. The van der Waals surface area contributed by atoms with Crippen LogP contribution < -0.4 is 11.1 Å². The van der Waals surface area contributed by atoms with Crippen molar-refractivity contribution in [3.05, 3.63) is 77.7 Å². The number of nitrogens with one attached hydrogen (secondary N) is 1. The number of rotatable bonds is 4. The highest BCUT2D eigenvalue weighted by atomic mass is 15.1. The zero-order chi connectivity index (χ0) is 21.0. The molecule has 31 heavy (non-hydrogen) atoms. The van der Waals surface area contributed by atoms with E-state index >= 15 is 0 Å². The Morgan fingerprint density at radius 2 is 1.97 bits per heavy atom. The van der Waals surface area contributed by atoms with Crippen molar-refractivity contribution in [2.24, 2.45) is 10.7 Å². The van der Waals surface area contributed by atoms with E-state index in [0.29, 0.717) is 5.92 Å². The normalized spacial score (nSPS) is 21.8. The number of nitrogens with two attached hydrogens (primary N) is 1. The van der Waals surface area contributed by atoms with Crippen molar-refractivity contribution in [2.75, 3.05) is 5.32 Å². The Labute approximate surface area is 180 Å². The van der Waals surface area contributed by atoms with Crippen molar-refractivity contribution in [1.29, 1.82) is 0 Å². The number of aromatic nitrogens is 3. The van der Waals surface area contributed by atoms with Gasteiger partial charge in [0.15, 0.2) is 11.5 Å². The Balaban J connectivity index is 1.31. The topological polar surface area (TPSA) is 80.6 Å². The number of fused-ring (bicyclic) bond motifs is 2. The number of aliphatic imine (C=N–C) groups is 1. The molecule has 6 nitrogen and oxygen atoms in total. The van der Waals surface area contributed by atoms with Gasteiger partial charge in [-0.25, -0.2) is 9.97 Å². The number of imidazole rings is 1. The second kappa shape index (κ2) is 6.75. The van der Waals surface area contributed by atoms with Crippen LogP contribution in [0, 0.1) is 0 Å². The van der Waals surface area contributed by atoms with Gasteiger partial charge in [0.1, 0.15) is 0 Å². The minimum atomic E-state index is -0.0120. The summed E-state index contributed by atoms with van der Waals surface area (Å²) in [6.07, 6.45) is 9.79. The van der Waals surface area contributed by atoms with Crippen LogP contribution in [0.25, 0.3) is 16.9 Å². The van der Waals surface area contributed by atoms with Gasteiger partial charge in [-0.05, 0) is 60.6 Å². The largest absolute Gasteiger partial charge is 0.337 e. The molecule has 0 unspecified atom stereocenters. The van der Waals surface area contributed by atoms with E-state index in [1.54, 1.807) is 6.20 Å². The smallest absolute Gasteiger partial charge is 0.180 e. The van der Waals surface area contributed by atoms with Crippen LogP contribution in [0.2, 0.25) is 0 Å². The van der Waals surface area contributed by atoms with E-state index in [0.717, 1.165) is 47.8 Å². The summed E-state index contributed by atoms with van der Waals surface area (Å²) in [6.45, 7) is 2.86. The average molecular weight is 409 g/mol. The SMILES string of the molecule is CC1(N)CC(c2ccc(Nc3nc(-c4ccc5c(c4)CN=C5)cn4ccnc34)cc2)C1. The molecule has 2 aromatic heterocycles. The number of nitrogens with zero attached hydrogens (tertiary/aromatic N) is 4. The summed E-state index contributed by atoms with van der Waals surface area (Å²) in [5.74, 6) is 1.30. The lowest BCUT2D eigenvalue weighted by Crippen LogP contribution is -2.47. The Morgan fingerprint density at radius 3 is 2.77 bits per heavy atom. The molecule has 0 spiro atoms. The summed E-state index contributed by atoms with van der Waals surface area (Å²) >= 11 is 0. The zero-order valence-electron chi connectivity index (χ0n) is 17.4. The monoisotopic (exact) mass is 408 g/mol. The molecule has 1 aliphatic heterocycles. The van der Waals surface area contributed by atoms with Crippen LogP contribution in [-0.2, 0) is 6.54 Å². The van der Waals surface area contributed by atoms with E-state index < -0.39 is 0 Å². The molecule has 6 rings (SSSR count). The van der Waals surface area contributed by atoms with Gasteiger partial charge in [-0.2, -0.15) is 0 Å². The van der Waals surface area contributed by atoms with Gasteiger partial charge in [0.2, 0.25) is 0 Å². The van der Waals surface area contributed by atoms with Crippen molar-refractivity contribution in [2.45, 2.75) is 37.8 Å². The third-order valence-electron chi connectivity index (χ3n) is 6.38. The molecule has 3 heterocycles. The van der Waals surface area contributed by atoms with E-state index in [-0.39, 0.29) is 5.54 Å². The third kappa shape index (κ3) is 3.29. The third-order valence-corrected chi connectivity index (χ3v) is 6.38. The molecule has 154 valence electrons. The van der Waals surface area contributed by atoms with E-state index in [9.17, 15) is 0 Å². The molecule has 0 saturated heterocycles. The van der Waals surface area contributed by atoms with E-state index in [1.165, 1.54) is 16.7 Å². The van der Waals surface area contributed by atoms with Crippen molar-refractivity contribution >= 4 is 23.4 Å². The predicted molar refractivity (Wildman–Crippen MR) is 124 cm³/mol. The first-order chi connectivity index (χ1) is 15.0. The van der Waals surface area contributed by atoms with Crippen LogP contribution in [0.4, 0.5) is 11.5 Å². The summed E-state index contributed by atoms with van der Waals surface area (Å²) in [6, 6.07) is 15.0. The molecule has 1 aliphatic carbocycles. The molecule has 1 saturated carbocycles.